The lowest BCUT2D eigenvalue weighted by molar-refractivity contribution is -0.118. The van der Waals surface area contributed by atoms with Gasteiger partial charge in [0.15, 0.2) is 11.6 Å². The summed E-state index contributed by atoms with van der Waals surface area (Å²) < 4.78 is 0. The van der Waals surface area contributed by atoms with Gasteiger partial charge in [0.2, 0.25) is 11.8 Å². The van der Waals surface area contributed by atoms with Gasteiger partial charge in [-0.25, -0.2) is 0 Å². The molecule has 0 radical (unpaired) electrons. The molecule has 2 aliphatic rings. The van der Waals surface area contributed by atoms with Gasteiger partial charge in [-0.3, -0.25) is 29.8 Å². The summed E-state index contributed by atoms with van der Waals surface area (Å²) in [6, 6.07) is 3.86. The topological polar surface area (TPSA) is 140 Å². The zero-order valence-corrected chi connectivity index (χ0v) is 32.1. The third-order valence-corrected chi connectivity index (χ3v) is 8.66. The number of nitrogens with one attached hydrogen (secondary N) is 4. The number of rotatable bonds is 16. The molecule has 0 aliphatic heterocycles. The molecule has 2 amide bonds. The molecule has 0 aromatic carbocycles. The van der Waals surface area contributed by atoms with Crippen molar-refractivity contribution in [1.82, 2.24) is 20.4 Å². The van der Waals surface area contributed by atoms with Crippen molar-refractivity contribution >= 4 is 34.9 Å². The smallest absolute Gasteiger partial charge is 0.234 e. The van der Waals surface area contributed by atoms with E-state index in [0.717, 1.165) is 52.6 Å². The Kier molecular flexibility index (Phi) is 16.5. The molecular weight excluding hydrogens is 637 g/mol. The van der Waals surface area contributed by atoms with Crippen LogP contribution in [0.1, 0.15) is 130 Å². The minimum Gasteiger partial charge on any atom is -0.309 e. The van der Waals surface area contributed by atoms with E-state index < -0.39 is 0 Å². The molecule has 2 aromatic heterocycles. The maximum atomic E-state index is 12.6. The predicted molar refractivity (Wildman–Crippen MR) is 212 cm³/mol. The fourth-order valence-electron chi connectivity index (χ4n) is 5.04. The van der Waals surface area contributed by atoms with Crippen LogP contribution in [0, 0.1) is 5.92 Å². The molecule has 0 bridgehead atoms. The van der Waals surface area contributed by atoms with Gasteiger partial charge in [0.1, 0.15) is 0 Å². The van der Waals surface area contributed by atoms with Gasteiger partial charge >= 0.3 is 0 Å². The zero-order chi connectivity index (χ0) is 37.3. The van der Waals surface area contributed by atoms with Gasteiger partial charge in [-0.2, -0.15) is 10.2 Å². The second-order valence-electron chi connectivity index (χ2n) is 13.1. The highest BCUT2D eigenvalue weighted by atomic mass is 16.2. The van der Waals surface area contributed by atoms with Crippen LogP contribution in [-0.4, -0.2) is 43.6 Å². The Labute approximate surface area is 304 Å². The molecule has 10 heteroatoms. The summed E-state index contributed by atoms with van der Waals surface area (Å²) in [5.41, 5.74) is 7.99. The highest BCUT2D eigenvalue weighted by Gasteiger charge is 2.27. The zero-order valence-electron chi connectivity index (χ0n) is 32.1. The van der Waals surface area contributed by atoms with Gasteiger partial charge in [0, 0.05) is 58.2 Å². The highest BCUT2D eigenvalue weighted by molar-refractivity contribution is 5.98. The van der Waals surface area contributed by atoms with Crippen LogP contribution in [0.25, 0.3) is 0 Å². The number of aliphatic imine (C=N–C) groups is 2. The van der Waals surface area contributed by atoms with Gasteiger partial charge in [0.05, 0.1) is 12.3 Å². The third-order valence-electron chi connectivity index (χ3n) is 8.66. The summed E-state index contributed by atoms with van der Waals surface area (Å²) >= 11 is 0. The van der Waals surface area contributed by atoms with Gasteiger partial charge in [-0.05, 0) is 105 Å². The average molecular weight is 695 g/mol. The van der Waals surface area contributed by atoms with Crippen molar-refractivity contribution in [3.8, 4) is 0 Å². The van der Waals surface area contributed by atoms with Crippen LogP contribution in [0.2, 0.25) is 0 Å². The molecule has 2 aliphatic carbocycles. The van der Waals surface area contributed by atoms with Crippen molar-refractivity contribution in [3.63, 3.8) is 0 Å². The minimum absolute atomic E-state index is 0.0974. The summed E-state index contributed by atoms with van der Waals surface area (Å²) in [7, 11) is 0. The lowest BCUT2D eigenvalue weighted by Crippen LogP contribution is -2.22. The second-order valence-corrected chi connectivity index (χ2v) is 13.1. The number of H-pyrrole nitrogens is 2. The van der Waals surface area contributed by atoms with E-state index in [1.807, 2.05) is 90.1 Å². The second kappa shape index (κ2) is 20.7. The van der Waals surface area contributed by atoms with E-state index >= 15 is 0 Å². The number of aromatic nitrogens is 4. The van der Waals surface area contributed by atoms with Crippen LogP contribution in [0.4, 0.5) is 11.6 Å². The van der Waals surface area contributed by atoms with Crippen LogP contribution in [0.15, 0.2) is 93.3 Å². The number of allylic oxidation sites excluding steroid dienone is 10. The first-order chi connectivity index (χ1) is 24.5. The molecule has 274 valence electrons. The number of nitrogens with zero attached hydrogens (tertiary/aromatic N) is 4. The van der Waals surface area contributed by atoms with Crippen LogP contribution in [0.5, 0.6) is 0 Å². The average Bonchev–Trinajstić information content (AvgIpc) is 4.07. The number of hydrogen-bond donors (Lipinski definition) is 4. The summed E-state index contributed by atoms with van der Waals surface area (Å²) in [6.45, 7) is 17.9. The van der Waals surface area contributed by atoms with Gasteiger partial charge in [-0.15, -0.1) is 0 Å². The fourth-order valence-corrected chi connectivity index (χ4v) is 5.04. The first-order valence-electron chi connectivity index (χ1n) is 18.3. The number of aromatic amines is 2. The van der Waals surface area contributed by atoms with E-state index in [1.165, 1.54) is 31.3 Å². The molecule has 1 unspecified atom stereocenters. The van der Waals surface area contributed by atoms with E-state index in [9.17, 15) is 9.59 Å². The van der Waals surface area contributed by atoms with Gasteiger partial charge in [0.25, 0.3) is 0 Å². The molecule has 2 saturated carbocycles. The molecule has 2 heterocycles. The Hall–Kier alpha value is -4.86. The van der Waals surface area contributed by atoms with Crippen molar-refractivity contribution in [2.45, 2.75) is 119 Å². The monoisotopic (exact) mass is 694 g/mol. The van der Waals surface area contributed by atoms with Crippen LogP contribution in [-0.2, 0) is 9.59 Å². The molecule has 0 saturated heterocycles. The first kappa shape index (κ1) is 40.6. The highest BCUT2D eigenvalue weighted by Crippen LogP contribution is 2.40. The molecule has 10 nitrogen and oxygen atoms in total. The molecule has 51 heavy (non-hydrogen) atoms. The van der Waals surface area contributed by atoms with Gasteiger partial charge < -0.3 is 10.6 Å². The number of anilines is 2. The van der Waals surface area contributed by atoms with E-state index in [0.29, 0.717) is 23.5 Å². The Bertz CT molecular complexity index is 1720. The summed E-state index contributed by atoms with van der Waals surface area (Å²) in [5.74, 6) is 1.80. The van der Waals surface area contributed by atoms with Crippen molar-refractivity contribution in [2.24, 2.45) is 15.9 Å². The molecule has 2 fully saturated rings. The summed E-state index contributed by atoms with van der Waals surface area (Å²) in [6.07, 6.45) is 22.7. The largest absolute Gasteiger partial charge is 0.309 e. The SMILES string of the molecule is C\C=C(C)/C=C\C(CC)=N/C(=C\C)C(C)C(=O)Nc1cc(C2CC2)[nH]n1.C\C=C/C(C)=C\C(CC)=N/C(=C\C)CC(=O)Nc1cc(C2CC2)[nH]n1. The number of amides is 2. The Morgan fingerprint density at radius 3 is 1.88 bits per heavy atom. The normalized spacial score (nSPS) is 17.1. The maximum Gasteiger partial charge on any atom is 0.234 e. The third kappa shape index (κ3) is 14.1. The Morgan fingerprint density at radius 2 is 1.39 bits per heavy atom. The predicted octanol–water partition coefficient (Wildman–Crippen LogP) is 10.0. The summed E-state index contributed by atoms with van der Waals surface area (Å²) in [5, 5.41) is 20.1. The fraction of sp³-hybridized carbons (Fsp3) is 0.463. The number of hydrogen-bond acceptors (Lipinski definition) is 6. The van der Waals surface area contributed by atoms with Crippen molar-refractivity contribution < 1.29 is 9.59 Å². The Balaban J connectivity index is 0.000000276. The lowest BCUT2D eigenvalue weighted by Gasteiger charge is -2.12. The van der Waals surface area contributed by atoms with Crippen molar-refractivity contribution in [2.75, 3.05) is 10.6 Å². The number of carbonyl (C=O) groups excluding carboxylic acids is 2. The molecule has 4 N–H and O–H groups in total. The van der Waals surface area contributed by atoms with Gasteiger partial charge in [-0.1, -0.05) is 55.9 Å². The Morgan fingerprint density at radius 1 is 0.804 bits per heavy atom. The lowest BCUT2D eigenvalue weighted by atomic mass is 10.1. The van der Waals surface area contributed by atoms with Crippen LogP contribution < -0.4 is 10.6 Å². The van der Waals surface area contributed by atoms with Crippen molar-refractivity contribution in [1.29, 1.82) is 0 Å². The van der Waals surface area contributed by atoms with Crippen LogP contribution in [0.3, 0.4) is 0 Å². The quantitative estimate of drug-likeness (QED) is 0.103. The molecule has 1 atom stereocenters. The van der Waals surface area contributed by atoms with E-state index in [4.69, 9.17) is 4.99 Å². The van der Waals surface area contributed by atoms with Crippen molar-refractivity contribution in [3.05, 3.63) is 94.7 Å². The maximum absolute atomic E-state index is 12.6. The molecule has 0 spiro atoms. The summed E-state index contributed by atoms with van der Waals surface area (Å²) in [4.78, 5) is 34.2. The molecule has 4 rings (SSSR count). The first-order valence-corrected chi connectivity index (χ1v) is 18.3. The molecular formula is C41H58N8O2. The van der Waals surface area contributed by atoms with E-state index in [1.54, 1.807) is 0 Å². The molecule has 2 aromatic rings. The van der Waals surface area contributed by atoms with E-state index in [-0.39, 0.29) is 24.2 Å². The number of carbonyl (C=O) groups is 2. The van der Waals surface area contributed by atoms with Crippen LogP contribution >= 0.6 is 0 Å². The minimum atomic E-state index is -0.348. The van der Waals surface area contributed by atoms with E-state index in [2.05, 4.69) is 68.9 Å². The standard InChI is InChI=1S/C21H30N4O.C20H28N4O/c1-6-14(4)9-12-17(7-2)22-18(8-3)15(5)21(26)23-20-13-19(24-25-20)16-10-11-16;1-5-8-14(4)11-16(6-2)21-17(7-3)12-20(25)22-19-13-18(23-24-19)15-9-10-15/h6,8-9,12-13,15-16H,7,10-11H2,1-5H3,(H2,23,24,25,26);5,7-8,11,13,15H,6,9-10,12H2,1-4H3,(H2,22,23,24,25)/b12-9-,14-6-,18-8-,22-17-;8-5-,14-11-,17-7-,21-16-.